The monoisotopic (exact) mass is 250 g/mol. The Labute approximate surface area is 96.0 Å². The summed E-state index contributed by atoms with van der Waals surface area (Å²) in [6.07, 6.45) is 2.52. The van der Waals surface area contributed by atoms with E-state index in [0.29, 0.717) is 32.3 Å². The van der Waals surface area contributed by atoms with Gasteiger partial charge in [-0.15, -0.1) is 0 Å². The van der Waals surface area contributed by atoms with Crippen molar-refractivity contribution in [2.75, 3.05) is 39.3 Å². The summed E-state index contributed by atoms with van der Waals surface area (Å²) in [6, 6.07) is 0. The first-order chi connectivity index (χ1) is 7.55. The van der Waals surface area contributed by atoms with Crippen LogP contribution in [0.2, 0.25) is 0 Å². The average molecular weight is 250 g/mol. The van der Waals surface area contributed by atoms with Gasteiger partial charge in [-0.05, 0) is 12.8 Å². The van der Waals surface area contributed by atoms with Crippen LogP contribution in [0.4, 0.5) is 0 Å². The van der Waals surface area contributed by atoms with Gasteiger partial charge in [-0.3, -0.25) is 9.45 Å². The maximum atomic E-state index is 10.9. The Hall–Kier alpha value is -0.210. The van der Waals surface area contributed by atoms with Crippen LogP contribution in [0.1, 0.15) is 12.8 Å². The summed E-state index contributed by atoms with van der Waals surface area (Å²) in [5, 5.41) is 0. The van der Waals surface area contributed by atoms with E-state index < -0.39 is 10.3 Å². The van der Waals surface area contributed by atoms with Crippen molar-refractivity contribution in [3.63, 3.8) is 0 Å². The molecule has 0 aromatic heterocycles. The van der Waals surface area contributed by atoms with Crippen molar-refractivity contribution in [1.82, 2.24) is 9.21 Å². The van der Waals surface area contributed by atoms with Crippen LogP contribution >= 0.6 is 0 Å². The number of hydrogen-bond donors (Lipinski definition) is 1. The van der Waals surface area contributed by atoms with E-state index >= 15 is 0 Å². The van der Waals surface area contributed by atoms with Crippen LogP contribution in [-0.4, -0.2) is 67.6 Å². The quantitative estimate of drug-likeness (QED) is 0.689. The third-order valence-corrected chi connectivity index (χ3v) is 4.16. The van der Waals surface area contributed by atoms with Crippen molar-refractivity contribution < 1.29 is 17.7 Å². The predicted octanol–water partition coefficient (Wildman–Crippen LogP) is -0.414. The SMILES string of the molecule is O=S(=O)(O)N1CCN(CC2CCCO2)CC1. The Morgan fingerprint density at radius 3 is 2.44 bits per heavy atom. The molecule has 1 unspecified atom stereocenters. The molecule has 94 valence electrons. The maximum Gasteiger partial charge on any atom is 0.335 e. The van der Waals surface area contributed by atoms with Crippen LogP contribution in [0.25, 0.3) is 0 Å². The van der Waals surface area contributed by atoms with Gasteiger partial charge in [0.05, 0.1) is 6.10 Å². The number of nitrogens with zero attached hydrogens (tertiary/aromatic N) is 2. The van der Waals surface area contributed by atoms with Crippen LogP contribution in [0.3, 0.4) is 0 Å². The first kappa shape index (κ1) is 12.3. The smallest absolute Gasteiger partial charge is 0.335 e. The van der Waals surface area contributed by atoms with Crippen LogP contribution < -0.4 is 0 Å². The van der Waals surface area contributed by atoms with E-state index in [2.05, 4.69) is 4.90 Å². The highest BCUT2D eigenvalue weighted by atomic mass is 32.2. The molecule has 0 aromatic carbocycles. The standard InChI is InChI=1S/C9H18N2O4S/c12-16(13,14)11-5-3-10(4-6-11)8-9-2-1-7-15-9/h9H,1-8H2,(H,12,13,14). The Morgan fingerprint density at radius 1 is 1.25 bits per heavy atom. The lowest BCUT2D eigenvalue weighted by Gasteiger charge is -2.33. The largest absolute Gasteiger partial charge is 0.377 e. The van der Waals surface area contributed by atoms with Crippen molar-refractivity contribution >= 4 is 10.3 Å². The average Bonchev–Trinajstić information content (AvgIpc) is 2.70. The van der Waals surface area contributed by atoms with E-state index in [1.807, 2.05) is 0 Å². The van der Waals surface area contributed by atoms with Gasteiger partial charge in [0, 0.05) is 39.3 Å². The fourth-order valence-corrected chi connectivity index (χ4v) is 2.84. The van der Waals surface area contributed by atoms with Gasteiger partial charge in [-0.1, -0.05) is 0 Å². The summed E-state index contributed by atoms with van der Waals surface area (Å²) in [5.74, 6) is 0. The van der Waals surface area contributed by atoms with E-state index in [1.165, 1.54) is 0 Å². The minimum Gasteiger partial charge on any atom is -0.377 e. The molecule has 1 N–H and O–H groups in total. The summed E-state index contributed by atoms with van der Waals surface area (Å²) in [7, 11) is -4.00. The van der Waals surface area contributed by atoms with E-state index in [-0.39, 0.29) is 0 Å². The van der Waals surface area contributed by atoms with Gasteiger partial charge in [0.25, 0.3) is 0 Å². The Bertz CT molecular complexity index is 318. The van der Waals surface area contributed by atoms with Crippen molar-refractivity contribution in [2.45, 2.75) is 18.9 Å². The van der Waals surface area contributed by atoms with Gasteiger partial charge in [0.1, 0.15) is 0 Å². The molecule has 2 aliphatic rings. The van der Waals surface area contributed by atoms with Gasteiger partial charge in [0.2, 0.25) is 0 Å². The van der Waals surface area contributed by atoms with Gasteiger partial charge >= 0.3 is 10.3 Å². The molecule has 0 saturated carbocycles. The minimum absolute atomic E-state index is 0.303. The molecule has 1 atom stereocenters. The second kappa shape index (κ2) is 4.97. The Morgan fingerprint density at radius 2 is 1.94 bits per heavy atom. The zero-order valence-electron chi connectivity index (χ0n) is 9.21. The van der Waals surface area contributed by atoms with Crippen LogP contribution in [0, 0.1) is 0 Å². The molecule has 6 nitrogen and oxygen atoms in total. The molecule has 16 heavy (non-hydrogen) atoms. The predicted molar refractivity (Wildman–Crippen MR) is 58.5 cm³/mol. The second-order valence-electron chi connectivity index (χ2n) is 4.31. The second-order valence-corrected chi connectivity index (χ2v) is 5.72. The minimum atomic E-state index is -4.00. The Balaban J connectivity index is 1.76. The van der Waals surface area contributed by atoms with E-state index in [1.54, 1.807) is 0 Å². The first-order valence-electron chi connectivity index (χ1n) is 5.62. The molecular weight excluding hydrogens is 232 g/mol. The lowest BCUT2D eigenvalue weighted by molar-refractivity contribution is 0.0608. The number of piperazine rings is 1. The highest BCUT2D eigenvalue weighted by Crippen LogP contribution is 2.14. The highest BCUT2D eigenvalue weighted by Gasteiger charge is 2.27. The molecule has 0 amide bonds. The lowest BCUT2D eigenvalue weighted by Crippen LogP contribution is -2.50. The maximum absolute atomic E-state index is 10.9. The molecule has 2 saturated heterocycles. The summed E-state index contributed by atoms with van der Waals surface area (Å²) in [6.45, 7) is 3.78. The zero-order valence-corrected chi connectivity index (χ0v) is 10.0. The highest BCUT2D eigenvalue weighted by molar-refractivity contribution is 7.83. The molecular formula is C9H18N2O4S. The molecule has 2 aliphatic heterocycles. The molecule has 2 rings (SSSR count). The summed E-state index contributed by atoms with van der Waals surface area (Å²) in [5.41, 5.74) is 0. The van der Waals surface area contributed by atoms with Crippen molar-refractivity contribution in [1.29, 1.82) is 0 Å². The third-order valence-electron chi connectivity index (χ3n) is 3.14. The van der Waals surface area contributed by atoms with E-state index in [9.17, 15) is 8.42 Å². The number of hydrogen-bond acceptors (Lipinski definition) is 4. The first-order valence-corrected chi connectivity index (χ1v) is 7.02. The molecule has 2 heterocycles. The molecule has 0 radical (unpaired) electrons. The zero-order chi connectivity index (χ0) is 11.6. The summed E-state index contributed by atoms with van der Waals surface area (Å²) >= 11 is 0. The van der Waals surface area contributed by atoms with Gasteiger partial charge in [-0.25, -0.2) is 0 Å². The topological polar surface area (TPSA) is 70.1 Å². The van der Waals surface area contributed by atoms with Crippen molar-refractivity contribution in [3.8, 4) is 0 Å². The Kier molecular flexibility index (Phi) is 3.81. The van der Waals surface area contributed by atoms with Crippen molar-refractivity contribution in [2.24, 2.45) is 0 Å². The molecule has 2 fully saturated rings. The van der Waals surface area contributed by atoms with Crippen LogP contribution in [-0.2, 0) is 15.0 Å². The molecule has 7 heteroatoms. The normalized spacial score (nSPS) is 29.7. The van der Waals surface area contributed by atoms with Crippen molar-refractivity contribution in [3.05, 3.63) is 0 Å². The third kappa shape index (κ3) is 3.14. The van der Waals surface area contributed by atoms with Crippen LogP contribution in [0.5, 0.6) is 0 Å². The number of ether oxygens (including phenoxy) is 1. The fraction of sp³-hybridized carbons (Fsp3) is 1.00. The molecule has 0 aliphatic carbocycles. The van der Waals surface area contributed by atoms with Gasteiger partial charge in [0.15, 0.2) is 0 Å². The summed E-state index contributed by atoms with van der Waals surface area (Å²) in [4.78, 5) is 2.19. The number of rotatable bonds is 3. The molecule has 0 bridgehead atoms. The van der Waals surface area contributed by atoms with E-state index in [0.717, 1.165) is 30.3 Å². The lowest BCUT2D eigenvalue weighted by atomic mass is 10.2. The van der Waals surface area contributed by atoms with E-state index in [4.69, 9.17) is 9.29 Å². The van der Waals surface area contributed by atoms with Gasteiger partial charge < -0.3 is 4.74 Å². The molecule has 0 aromatic rings. The fourth-order valence-electron chi connectivity index (χ4n) is 2.22. The van der Waals surface area contributed by atoms with Crippen LogP contribution in [0.15, 0.2) is 0 Å². The summed E-state index contributed by atoms with van der Waals surface area (Å²) < 4.78 is 37.3. The van der Waals surface area contributed by atoms with Gasteiger partial charge in [-0.2, -0.15) is 12.7 Å². The molecule has 0 spiro atoms.